The third-order valence-electron chi connectivity index (χ3n) is 4.61. The molecule has 154 valence electrons. The Morgan fingerprint density at radius 1 is 1.20 bits per heavy atom. The molecule has 7 heteroatoms. The first-order chi connectivity index (χ1) is 14.4. The van der Waals surface area contributed by atoms with Crippen LogP contribution in [-0.2, 0) is 4.79 Å². The second-order valence-electron chi connectivity index (χ2n) is 7.06. The second kappa shape index (κ2) is 9.55. The first kappa shape index (κ1) is 21.5. The zero-order chi connectivity index (χ0) is 21.7. The highest BCUT2D eigenvalue weighted by atomic mass is 32.1. The average molecular weight is 422 g/mol. The van der Waals surface area contributed by atoms with Crippen LogP contribution in [0.15, 0.2) is 54.1 Å². The van der Waals surface area contributed by atoms with Gasteiger partial charge in [0.1, 0.15) is 11.6 Å². The number of nitrogens with zero attached hydrogens (tertiary/aromatic N) is 2. The highest BCUT2D eigenvalue weighted by Crippen LogP contribution is 2.32. The molecule has 0 fully saturated rings. The normalized spacial score (nSPS) is 12.4. The van der Waals surface area contributed by atoms with Crippen LogP contribution in [0.5, 0.6) is 0 Å². The van der Waals surface area contributed by atoms with Gasteiger partial charge in [0, 0.05) is 36.1 Å². The smallest absolute Gasteiger partial charge is 0.262 e. The molecule has 2 aromatic carbocycles. The van der Waals surface area contributed by atoms with Crippen LogP contribution in [0.25, 0.3) is 27.3 Å². The van der Waals surface area contributed by atoms with Crippen molar-refractivity contribution in [3.63, 3.8) is 0 Å². The monoisotopic (exact) mass is 421 g/mol. The molecular formula is C23H23N3O3S. The summed E-state index contributed by atoms with van der Waals surface area (Å²) < 4.78 is 0. The summed E-state index contributed by atoms with van der Waals surface area (Å²) in [6.07, 6.45) is 0.475. The molecule has 3 rings (SSSR count). The van der Waals surface area contributed by atoms with Gasteiger partial charge in [0.05, 0.1) is 12.7 Å². The number of hydrogen-bond donors (Lipinski definition) is 3. The summed E-state index contributed by atoms with van der Waals surface area (Å²) in [5.74, 6) is -0.581. The van der Waals surface area contributed by atoms with Crippen molar-refractivity contribution in [2.24, 2.45) is 0 Å². The lowest BCUT2D eigenvalue weighted by molar-refractivity contribution is -0.117. The molecule has 3 aromatic rings. The van der Waals surface area contributed by atoms with Gasteiger partial charge in [0.2, 0.25) is 0 Å². The fourth-order valence-electron chi connectivity index (χ4n) is 2.91. The van der Waals surface area contributed by atoms with E-state index in [1.165, 1.54) is 17.4 Å². The van der Waals surface area contributed by atoms with Gasteiger partial charge in [-0.2, -0.15) is 5.26 Å². The summed E-state index contributed by atoms with van der Waals surface area (Å²) in [4.78, 5) is 16.0. The quantitative estimate of drug-likeness (QED) is 0.403. The molecule has 1 heterocycles. The highest BCUT2D eigenvalue weighted by Gasteiger charge is 2.12. The van der Waals surface area contributed by atoms with Crippen molar-refractivity contribution >= 4 is 39.8 Å². The second-order valence-corrected chi connectivity index (χ2v) is 8.17. The number of thiophene rings is 1. The van der Waals surface area contributed by atoms with E-state index in [-0.39, 0.29) is 12.1 Å². The number of nitrogens with one attached hydrogen (secondary N) is 1. The summed E-state index contributed by atoms with van der Waals surface area (Å²) in [6.45, 7) is -0.570. The Kier molecular flexibility index (Phi) is 6.85. The third-order valence-corrected chi connectivity index (χ3v) is 5.69. The Balaban J connectivity index is 1.81. The number of carbonyl (C=O) groups excluding carboxylic acids is 1. The zero-order valence-electron chi connectivity index (χ0n) is 16.8. The van der Waals surface area contributed by atoms with Crippen LogP contribution in [-0.4, -0.2) is 49.5 Å². The van der Waals surface area contributed by atoms with Gasteiger partial charge in [-0.15, -0.1) is 11.3 Å². The number of rotatable bonds is 7. The largest absolute Gasteiger partial charge is 0.394 e. The molecule has 0 saturated carbocycles. The standard InChI is InChI=1S/C23H23N3O3S/c1-26(2)19-6-5-15-9-17(4-3-16(15)10-19)22-8-7-21(30-22)11-18(12-24)23(29)25-13-20(28)14-27/h3-11,20,27-28H,13-14H2,1-2H3,(H,25,29). The van der Waals surface area contributed by atoms with Crippen LogP contribution in [0.3, 0.4) is 0 Å². The van der Waals surface area contributed by atoms with Crippen molar-refractivity contribution in [3.05, 3.63) is 59.0 Å². The Hall–Kier alpha value is -3.18. The van der Waals surface area contributed by atoms with Crippen LogP contribution < -0.4 is 10.2 Å². The lowest BCUT2D eigenvalue weighted by atomic mass is 10.1. The SMILES string of the molecule is CN(C)c1ccc2cc(-c3ccc(C=C(C#N)C(=O)NCC(O)CO)s3)ccc2c1. The van der Waals surface area contributed by atoms with Gasteiger partial charge in [0.15, 0.2) is 0 Å². The van der Waals surface area contributed by atoms with E-state index >= 15 is 0 Å². The predicted molar refractivity (Wildman–Crippen MR) is 121 cm³/mol. The minimum absolute atomic E-state index is 0.0525. The average Bonchev–Trinajstić information content (AvgIpc) is 3.23. The molecule has 1 aromatic heterocycles. The minimum Gasteiger partial charge on any atom is -0.394 e. The van der Waals surface area contributed by atoms with E-state index in [9.17, 15) is 15.2 Å². The van der Waals surface area contributed by atoms with Crippen LogP contribution in [0.2, 0.25) is 0 Å². The zero-order valence-corrected chi connectivity index (χ0v) is 17.6. The maximum absolute atomic E-state index is 12.1. The fourth-order valence-corrected chi connectivity index (χ4v) is 3.86. The van der Waals surface area contributed by atoms with Gasteiger partial charge in [-0.3, -0.25) is 4.79 Å². The summed E-state index contributed by atoms with van der Waals surface area (Å²) in [6, 6.07) is 18.3. The molecule has 0 aliphatic rings. The van der Waals surface area contributed by atoms with Crippen molar-refractivity contribution in [2.75, 3.05) is 32.1 Å². The molecule has 30 heavy (non-hydrogen) atoms. The van der Waals surface area contributed by atoms with E-state index in [1.807, 2.05) is 32.3 Å². The third kappa shape index (κ3) is 5.05. The fraction of sp³-hybridized carbons (Fsp3) is 0.217. The molecule has 0 saturated heterocycles. The van der Waals surface area contributed by atoms with Crippen LogP contribution in [0, 0.1) is 11.3 Å². The van der Waals surface area contributed by atoms with Crippen molar-refractivity contribution < 1.29 is 15.0 Å². The van der Waals surface area contributed by atoms with Crippen molar-refractivity contribution in [1.29, 1.82) is 5.26 Å². The van der Waals surface area contributed by atoms with Gasteiger partial charge >= 0.3 is 0 Å². The number of aliphatic hydroxyl groups excluding tert-OH is 2. The first-order valence-corrected chi connectivity index (χ1v) is 10.2. The van der Waals surface area contributed by atoms with E-state index in [2.05, 4.69) is 46.6 Å². The predicted octanol–water partition coefficient (Wildman–Crippen LogP) is 3.01. The summed E-state index contributed by atoms with van der Waals surface area (Å²) >= 11 is 1.49. The number of benzene rings is 2. The van der Waals surface area contributed by atoms with Gasteiger partial charge in [-0.25, -0.2) is 0 Å². The van der Waals surface area contributed by atoms with E-state index in [0.29, 0.717) is 0 Å². The van der Waals surface area contributed by atoms with E-state index in [1.54, 1.807) is 0 Å². The molecule has 0 aliphatic carbocycles. The number of anilines is 1. The van der Waals surface area contributed by atoms with Crippen LogP contribution in [0.1, 0.15) is 4.88 Å². The lowest BCUT2D eigenvalue weighted by Crippen LogP contribution is -2.34. The minimum atomic E-state index is -1.05. The number of aliphatic hydroxyl groups is 2. The number of nitriles is 1. The van der Waals surface area contributed by atoms with Gasteiger partial charge in [0.25, 0.3) is 5.91 Å². The molecular weight excluding hydrogens is 398 g/mol. The highest BCUT2D eigenvalue weighted by molar-refractivity contribution is 7.16. The van der Waals surface area contributed by atoms with Crippen molar-refractivity contribution in [1.82, 2.24) is 5.32 Å². The van der Waals surface area contributed by atoms with Crippen LogP contribution in [0.4, 0.5) is 5.69 Å². The van der Waals surface area contributed by atoms with Gasteiger partial charge in [-0.1, -0.05) is 18.2 Å². The van der Waals surface area contributed by atoms with Crippen molar-refractivity contribution in [2.45, 2.75) is 6.10 Å². The molecule has 3 N–H and O–H groups in total. The Morgan fingerprint density at radius 3 is 2.63 bits per heavy atom. The van der Waals surface area contributed by atoms with Crippen LogP contribution >= 0.6 is 11.3 Å². The number of amides is 1. The Morgan fingerprint density at radius 2 is 1.93 bits per heavy atom. The molecule has 0 radical (unpaired) electrons. The summed E-state index contributed by atoms with van der Waals surface area (Å²) in [7, 11) is 4.03. The number of carbonyl (C=O) groups is 1. The first-order valence-electron chi connectivity index (χ1n) is 9.41. The molecule has 6 nitrogen and oxygen atoms in total. The number of fused-ring (bicyclic) bond motifs is 1. The topological polar surface area (TPSA) is 96.6 Å². The molecule has 0 spiro atoms. The molecule has 1 amide bonds. The maximum atomic E-state index is 12.1. The molecule has 0 aliphatic heterocycles. The van der Waals surface area contributed by atoms with Gasteiger partial charge in [-0.05, 0) is 52.7 Å². The number of hydrogen-bond acceptors (Lipinski definition) is 6. The Labute approximate surface area is 179 Å². The van der Waals surface area contributed by atoms with Gasteiger partial charge < -0.3 is 20.4 Å². The van der Waals surface area contributed by atoms with E-state index in [4.69, 9.17) is 5.11 Å². The van der Waals surface area contributed by atoms with Crippen molar-refractivity contribution in [3.8, 4) is 16.5 Å². The summed E-state index contributed by atoms with van der Waals surface area (Å²) in [5.41, 5.74) is 2.16. The molecule has 1 atom stereocenters. The molecule has 1 unspecified atom stereocenters. The molecule has 0 bridgehead atoms. The maximum Gasteiger partial charge on any atom is 0.262 e. The summed E-state index contributed by atoms with van der Waals surface area (Å²) in [5, 5.41) is 32.2. The van der Waals surface area contributed by atoms with E-state index in [0.717, 1.165) is 31.8 Å². The lowest BCUT2D eigenvalue weighted by Gasteiger charge is -2.13. The van der Waals surface area contributed by atoms with E-state index < -0.39 is 18.6 Å². The Bertz CT molecular complexity index is 1130.